The van der Waals surface area contributed by atoms with Crippen molar-refractivity contribution >= 4 is 33.2 Å². The minimum Gasteiger partial charge on any atom is -0.494 e. The van der Waals surface area contributed by atoms with Gasteiger partial charge in [-0.1, -0.05) is 12.1 Å². The normalized spacial score (nSPS) is 14.9. The van der Waals surface area contributed by atoms with Gasteiger partial charge in [0.1, 0.15) is 11.8 Å². The lowest BCUT2D eigenvalue weighted by molar-refractivity contribution is -0.116. The van der Waals surface area contributed by atoms with Crippen molar-refractivity contribution in [2.24, 2.45) is 0 Å². The molecule has 0 radical (unpaired) electrons. The molecular formula is C24H31N3O5S. The molecule has 33 heavy (non-hydrogen) atoms. The summed E-state index contributed by atoms with van der Waals surface area (Å²) in [6.45, 7) is 5.25. The predicted molar refractivity (Wildman–Crippen MR) is 129 cm³/mol. The highest BCUT2D eigenvalue weighted by molar-refractivity contribution is 7.92. The third-order valence-corrected chi connectivity index (χ3v) is 6.79. The summed E-state index contributed by atoms with van der Waals surface area (Å²) in [6, 6.07) is 12.3. The van der Waals surface area contributed by atoms with Crippen molar-refractivity contribution in [3.63, 3.8) is 0 Å². The molecule has 1 heterocycles. The van der Waals surface area contributed by atoms with Gasteiger partial charge in [0.05, 0.1) is 29.8 Å². The Morgan fingerprint density at radius 3 is 2.30 bits per heavy atom. The monoisotopic (exact) mass is 473 g/mol. The number of anilines is 2. The van der Waals surface area contributed by atoms with Gasteiger partial charge in [0.15, 0.2) is 0 Å². The average molecular weight is 474 g/mol. The van der Waals surface area contributed by atoms with E-state index in [0.29, 0.717) is 42.4 Å². The van der Waals surface area contributed by atoms with Gasteiger partial charge in [-0.25, -0.2) is 8.42 Å². The number of benzene rings is 2. The SMILES string of the molecule is CCOc1ccc(N([C@H](C)C(=O)Nc2ccccc2C(=O)N2CCCCC2)S(C)(=O)=O)cc1. The fraction of sp³-hybridized carbons (Fsp3) is 0.417. The fourth-order valence-electron chi connectivity index (χ4n) is 3.95. The lowest BCUT2D eigenvalue weighted by Gasteiger charge is -2.29. The van der Waals surface area contributed by atoms with Crippen LogP contribution in [0.3, 0.4) is 0 Å². The molecule has 1 atom stereocenters. The van der Waals surface area contributed by atoms with Gasteiger partial charge >= 0.3 is 0 Å². The second-order valence-corrected chi connectivity index (χ2v) is 9.91. The third-order valence-electron chi connectivity index (χ3n) is 5.55. The van der Waals surface area contributed by atoms with E-state index in [1.807, 2.05) is 6.92 Å². The molecule has 3 rings (SSSR count). The van der Waals surface area contributed by atoms with Crippen molar-refractivity contribution < 1.29 is 22.7 Å². The number of hydrogen-bond donors (Lipinski definition) is 1. The zero-order valence-electron chi connectivity index (χ0n) is 19.3. The van der Waals surface area contributed by atoms with Crippen LogP contribution in [-0.4, -0.2) is 57.1 Å². The van der Waals surface area contributed by atoms with Crippen LogP contribution < -0.4 is 14.4 Å². The zero-order valence-corrected chi connectivity index (χ0v) is 20.1. The third kappa shape index (κ3) is 6.04. The van der Waals surface area contributed by atoms with E-state index in [0.717, 1.165) is 29.8 Å². The number of nitrogens with zero attached hydrogens (tertiary/aromatic N) is 2. The first-order valence-electron chi connectivity index (χ1n) is 11.1. The molecule has 1 aliphatic heterocycles. The van der Waals surface area contributed by atoms with Gasteiger partial charge in [-0.05, 0) is 69.5 Å². The molecule has 0 aliphatic carbocycles. The van der Waals surface area contributed by atoms with E-state index in [1.165, 1.54) is 6.92 Å². The summed E-state index contributed by atoms with van der Waals surface area (Å²) in [5.74, 6) is -0.0603. The maximum absolute atomic E-state index is 13.1. The van der Waals surface area contributed by atoms with Gasteiger partial charge < -0.3 is 15.0 Å². The molecule has 0 aromatic heterocycles. The number of hydrogen-bond acceptors (Lipinski definition) is 5. The largest absolute Gasteiger partial charge is 0.494 e. The van der Waals surface area contributed by atoms with Gasteiger partial charge in [0, 0.05) is 13.1 Å². The van der Waals surface area contributed by atoms with E-state index in [1.54, 1.807) is 53.4 Å². The van der Waals surface area contributed by atoms with E-state index >= 15 is 0 Å². The Morgan fingerprint density at radius 1 is 1.06 bits per heavy atom. The number of likely N-dealkylation sites (tertiary alicyclic amines) is 1. The van der Waals surface area contributed by atoms with Crippen molar-refractivity contribution in [1.29, 1.82) is 0 Å². The summed E-state index contributed by atoms with van der Waals surface area (Å²) in [7, 11) is -3.77. The van der Waals surface area contributed by atoms with Crippen LogP contribution in [0.15, 0.2) is 48.5 Å². The van der Waals surface area contributed by atoms with Crippen LogP contribution in [-0.2, 0) is 14.8 Å². The number of carbonyl (C=O) groups excluding carboxylic acids is 2. The molecule has 8 nitrogen and oxygen atoms in total. The van der Waals surface area contributed by atoms with Crippen LogP contribution in [0.5, 0.6) is 5.75 Å². The second-order valence-electron chi connectivity index (χ2n) is 8.05. The Kier molecular flexibility index (Phi) is 7.97. The molecule has 0 bridgehead atoms. The molecule has 1 aliphatic rings. The summed E-state index contributed by atoms with van der Waals surface area (Å²) in [5, 5.41) is 2.77. The highest BCUT2D eigenvalue weighted by Crippen LogP contribution is 2.25. The molecule has 2 amide bonds. The molecule has 0 spiro atoms. The van der Waals surface area contributed by atoms with Crippen molar-refractivity contribution in [3.8, 4) is 5.75 Å². The Hall–Kier alpha value is -3.07. The minimum atomic E-state index is -3.77. The van der Waals surface area contributed by atoms with Crippen LogP contribution in [0.1, 0.15) is 43.5 Å². The van der Waals surface area contributed by atoms with Gasteiger partial charge in [-0.3, -0.25) is 13.9 Å². The van der Waals surface area contributed by atoms with E-state index in [2.05, 4.69) is 5.32 Å². The molecule has 178 valence electrons. The van der Waals surface area contributed by atoms with E-state index in [-0.39, 0.29) is 5.91 Å². The van der Waals surface area contributed by atoms with E-state index < -0.39 is 22.0 Å². The lowest BCUT2D eigenvalue weighted by atomic mass is 10.1. The number of sulfonamides is 1. The van der Waals surface area contributed by atoms with Gasteiger partial charge in [-0.15, -0.1) is 0 Å². The average Bonchev–Trinajstić information content (AvgIpc) is 2.80. The van der Waals surface area contributed by atoms with Gasteiger partial charge in [0.25, 0.3) is 5.91 Å². The molecule has 0 unspecified atom stereocenters. The first-order chi connectivity index (χ1) is 15.7. The number of amides is 2. The smallest absolute Gasteiger partial charge is 0.255 e. The van der Waals surface area contributed by atoms with Crippen molar-refractivity contribution in [1.82, 2.24) is 4.90 Å². The Bertz CT molecular complexity index is 1080. The molecule has 2 aromatic rings. The highest BCUT2D eigenvalue weighted by atomic mass is 32.2. The molecule has 2 aromatic carbocycles. The summed E-state index contributed by atoms with van der Waals surface area (Å²) < 4.78 is 31.6. The number of carbonyl (C=O) groups is 2. The van der Waals surface area contributed by atoms with E-state index in [4.69, 9.17) is 4.74 Å². The van der Waals surface area contributed by atoms with Gasteiger partial charge in [0.2, 0.25) is 15.9 Å². The van der Waals surface area contributed by atoms with Crippen LogP contribution in [0.2, 0.25) is 0 Å². The number of nitrogens with one attached hydrogen (secondary N) is 1. The lowest BCUT2D eigenvalue weighted by Crippen LogP contribution is -2.45. The summed E-state index contributed by atoms with van der Waals surface area (Å²) >= 11 is 0. The Balaban J connectivity index is 1.83. The summed E-state index contributed by atoms with van der Waals surface area (Å²) in [6.07, 6.45) is 4.08. The summed E-state index contributed by atoms with van der Waals surface area (Å²) in [4.78, 5) is 27.9. The molecule has 1 N–H and O–H groups in total. The summed E-state index contributed by atoms with van der Waals surface area (Å²) in [5.41, 5.74) is 1.11. The van der Waals surface area contributed by atoms with Crippen LogP contribution >= 0.6 is 0 Å². The van der Waals surface area contributed by atoms with Crippen LogP contribution in [0, 0.1) is 0 Å². The number of ether oxygens (including phenoxy) is 1. The van der Waals surface area contributed by atoms with Crippen LogP contribution in [0.25, 0.3) is 0 Å². The molecule has 1 fully saturated rings. The molecular weight excluding hydrogens is 442 g/mol. The first kappa shape index (κ1) is 24.6. The zero-order chi connectivity index (χ0) is 24.0. The predicted octanol–water partition coefficient (Wildman–Crippen LogP) is 3.50. The minimum absolute atomic E-state index is 0.135. The first-order valence-corrected chi connectivity index (χ1v) is 13.0. The maximum Gasteiger partial charge on any atom is 0.255 e. The Morgan fingerprint density at radius 2 is 1.70 bits per heavy atom. The quantitative estimate of drug-likeness (QED) is 0.633. The topological polar surface area (TPSA) is 96.0 Å². The maximum atomic E-state index is 13.1. The van der Waals surface area contributed by atoms with Gasteiger partial charge in [-0.2, -0.15) is 0 Å². The number of rotatable bonds is 8. The second kappa shape index (κ2) is 10.7. The van der Waals surface area contributed by atoms with E-state index in [9.17, 15) is 18.0 Å². The highest BCUT2D eigenvalue weighted by Gasteiger charge is 2.30. The van der Waals surface area contributed by atoms with Crippen molar-refractivity contribution in [2.75, 3.05) is 35.6 Å². The van der Waals surface area contributed by atoms with Crippen molar-refractivity contribution in [3.05, 3.63) is 54.1 Å². The van der Waals surface area contributed by atoms with Crippen molar-refractivity contribution in [2.45, 2.75) is 39.2 Å². The number of para-hydroxylation sites is 1. The molecule has 9 heteroatoms. The Labute approximate surface area is 195 Å². The van der Waals surface area contributed by atoms with Crippen LogP contribution in [0.4, 0.5) is 11.4 Å². The number of piperidine rings is 1. The standard InChI is InChI=1S/C24H31N3O5S/c1-4-32-20-14-12-19(13-15-20)27(33(3,30)31)18(2)23(28)25-22-11-7-6-10-21(22)24(29)26-16-8-5-9-17-26/h6-7,10-15,18H,4-5,8-9,16-17H2,1-3H3,(H,25,28)/t18-/m1/s1. The molecule has 0 saturated carbocycles. The molecule has 1 saturated heterocycles. The fourth-order valence-corrected chi connectivity index (χ4v) is 5.12.